The van der Waals surface area contributed by atoms with Gasteiger partial charge >= 0.3 is 0 Å². The Morgan fingerprint density at radius 2 is 2.00 bits per heavy atom. The lowest BCUT2D eigenvalue weighted by molar-refractivity contribution is 0.573. The number of benzene rings is 1. The summed E-state index contributed by atoms with van der Waals surface area (Å²) in [5.41, 5.74) is 2.79. The van der Waals surface area contributed by atoms with E-state index < -0.39 is 0 Å². The van der Waals surface area contributed by atoms with Crippen LogP contribution in [0.25, 0.3) is 0 Å². The van der Waals surface area contributed by atoms with Crippen molar-refractivity contribution in [3.63, 3.8) is 0 Å². The molecule has 0 amide bonds. The summed E-state index contributed by atoms with van der Waals surface area (Å²) in [5.74, 6) is 0. The molecule has 1 aromatic carbocycles. The summed E-state index contributed by atoms with van der Waals surface area (Å²) in [7, 11) is 0. The number of aryl methyl sites for hydroxylation is 2. The third-order valence-corrected chi connectivity index (χ3v) is 4.44. The number of hydrogen-bond acceptors (Lipinski definition) is 3. The van der Waals surface area contributed by atoms with E-state index in [0.717, 1.165) is 11.6 Å². The molecule has 108 valence electrons. The molecular weight excluding hydrogens is 264 g/mol. The third-order valence-electron chi connectivity index (χ3n) is 3.53. The number of hydrogen-bond donors (Lipinski definition) is 1. The largest absolute Gasteiger partial charge is 0.304 e. The zero-order chi connectivity index (χ0) is 14.4. The van der Waals surface area contributed by atoms with Crippen molar-refractivity contribution in [3.8, 4) is 0 Å². The van der Waals surface area contributed by atoms with E-state index in [1.807, 2.05) is 6.20 Å². The molecule has 2 aromatic rings. The van der Waals surface area contributed by atoms with Crippen molar-refractivity contribution < 1.29 is 0 Å². The molecule has 0 saturated heterocycles. The second-order valence-electron chi connectivity index (χ2n) is 5.31. The van der Waals surface area contributed by atoms with Gasteiger partial charge in [0, 0.05) is 23.7 Å². The van der Waals surface area contributed by atoms with Crippen LogP contribution in [0, 0.1) is 6.92 Å². The Kier molecular flexibility index (Phi) is 5.74. The van der Waals surface area contributed by atoms with E-state index >= 15 is 0 Å². The molecule has 2 rings (SSSR count). The molecule has 1 aromatic heterocycles. The van der Waals surface area contributed by atoms with Crippen LogP contribution in [-0.4, -0.2) is 4.98 Å². The lowest BCUT2D eigenvalue weighted by Crippen LogP contribution is -2.17. The van der Waals surface area contributed by atoms with E-state index in [-0.39, 0.29) is 0 Å². The zero-order valence-corrected chi connectivity index (χ0v) is 13.5. The van der Waals surface area contributed by atoms with Gasteiger partial charge in [0.05, 0.1) is 0 Å². The van der Waals surface area contributed by atoms with Crippen LogP contribution >= 0.6 is 11.3 Å². The fourth-order valence-electron chi connectivity index (χ4n) is 2.20. The molecule has 0 fully saturated rings. The van der Waals surface area contributed by atoms with Crippen LogP contribution in [0.2, 0.25) is 0 Å². The van der Waals surface area contributed by atoms with Crippen molar-refractivity contribution in [1.29, 1.82) is 0 Å². The predicted molar refractivity (Wildman–Crippen MR) is 87.2 cm³/mol. The van der Waals surface area contributed by atoms with E-state index in [9.17, 15) is 0 Å². The van der Waals surface area contributed by atoms with Gasteiger partial charge in [0.1, 0.15) is 5.01 Å². The van der Waals surface area contributed by atoms with Gasteiger partial charge in [-0.05, 0) is 37.8 Å². The highest BCUT2D eigenvalue weighted by Crippen LogP contribution is 2.17. The fourth-order valence-corrected chi connectivity index (χ4v) is 2.93. The van der Waals surface area contributed by atoms with E-state index in [4.69, 9.17) is 0 Å². The van der Waals surface area contributed by atoms with Gasteiger partial charge in [-0.15, -0.1) is 11.3 Å². The summed E-state index contributed by atoms with van der Waals surface area (Å²) < 4.78 is 0. The van der Waals surface area contributed by atoms with Crippen molar-refractivity contribution in [2.45, 2.75) is 52.6 Å². The van der Waals surface area contributed by atoms with Crippen LogP contribution in [-0.2, 0) is 13.0 Å². The van der Waals surface area contributed by atoms with Crippen molar-refractivity contribution in [1.82, 2.24) is 10.3 Å². The molecule has 0 saturated carbocycles. The van der Waals surface area contributed by atoms with Gasteiger partial charge < -0.3 is 5.32 Å². The first-order valence-electron chi connectivity index (χ1n) is 7.42. The van der Waals surface area contributed by atoms with Gasteiger partial charge in [-0.2, -0.15) is 0 Å². The summed E-state index contributed by atoms with van der Waals surface area (Å²) in [5, 5.41) is 4.70. The van der Waals surface area contributed by atoms with E-state index in [0.29, 0.717) is 6.04 Å². The first-order chi connectivity index (χ1) is 9.69. The number of thiazole rings is 1. The standard InChI is InChI=1S/C17H24N2S/c1-4-5-6-15-7-9-16(10-8-15)14(3)18-12-17-19-11-13(2)20-17/h7-11,14,18H,4-6,12H2,1-3H3. The molecule has 1 N–H and O–H groups in total. The first-order valence-corrected chi connectivity index (χ1v) is 8.24. The van der Waals surface area contributed by atoms with Crippen molar-refractivity contribution >= 4 is 11.3 Å². The van der Waals surface area contributed by atoms with Gasteiger partial charge in [-0.3, -0.25) is 0 Å². The van der Waals surface area contributed by atoms with E-state index in [1.165, 1.54) is 35.3 Å². The summed E-state index contributed by atoms with van der Waals surface area (Å²) >= 11 is 1.76. The normalized spacial score (nSPS) is 12.6. The quantitative estimate of drug-likeness (QED) is 0.802. The third kappa shape index (κ3) is 4.43. The molecule has 1 atom stereocenters. The van der Waals surface area contributed by atoms with Gasteiger partial charge in [-0.25, -0.2) is 4.98 Å². The Labute approximate surface area is 126 Å². The number of nitrogens with one attached hydrogen (secondary N) is 1. The minimum atomic E-state index is 0.361. The van der Waals surface area contributed by atoms with Crippen LogP contribution in [0.5, 0.6) is 0 Å². The number of rotatable bonds is 7. The Hall–Kier alpha value is -1.19. The molecule has 0 radical (unpaired) electrons. The monoisotopic (exact) mass is 288 g/mol. The van der Waals surface area contributed by atoms with Gasteiger partial charge in [-0.1, -0.05) is 37.6 Å². The van der Waals surface area contributed by atoms with Gasteiger partial charge in [0.15, 0.2) is 0 Å². The molecule has 0 bridgehead atoms. The summed E-state index contributed by atoms with van der Waals surface area (Å²) in [6, 6.07) is 9.37. The molecule has 0 aliphatic rings. The summed E-state index contributed by atoms with van der Waals surface area (Å²) in [6.45, 7) is 7.39. The predicted octanol–water partition coefficient (Wildman–Crippen LogP) is 4.64. The Morgan fingerprint density at radius 3 is 2.60 bits per heavy atom. The minimum Gasteiger partial charge on any atom is -0.304 e. The second kappa shape index (κ2) is 7.55. The van der Waals surface area contributed by atoms with Gasteiger partial charge in [0.25, 0.3) is 0 Å². The van der Waals surface area contributed by atoms with Crippen molar-refractivity contribution in [2.24, 2.45) is 0 Å². The molecule has 0 aliphatic carbocycles. The van der Waals surface area contributed by atoms with Crippen LogP contribution in [0.1, 0.15) is 53.7 Å². The smallest absolute Gasteiger partial charge is 0.107 e. The van der Waals surface area contributed by atoms with Crippen molar-refractivity contribution in [2.75, 3.05) is 0 Å². The highest BCUT2D eigenvalue weighted by molar-refractivity contribution is 7.11. The molecular formula is C17H24N2S. The molecule has 3 heteroatoms. The number of unbranched alkanes of at least 4 members (excludes halogenated alkanes) is 1. The van der Waals surface area contributed by atoms with Crippen molar-refractivity contribution in [3.05, 3.63) is 51.5 Å². The highest BCUT2D eigenvalue weighted by Gasteiger charge is 2.06. The summed E-state index contributed by atoms with van der Waals surface area (Å²) in [4.78, 5) is 5.66. The molecule has 0 aliphatic heterocycles. The van der Waals surface area contributed by atoms with Crippen LogP contribution in [0.3, 0.4) is 0 Å². The van der Waals surface area contributed by atoms with Crippen LogP contribution in [0.15, 0.2) is 30.5 Å². The lowest BCUT2D eigenvalue weighted by Gasteiger charge is -2.14. The fraction of sp³-hybridized carbons (Fsp3) is 0.471. The lowest BCUT2D eigenvalue weighted by atomic mass is 10.0. The maximum atomic E-state index is 4.39. The highest BCUT2D eigenvalue weighted by atomic mass is 32.1. The molecule has 2 nitrogen and oxygen atoms in total. The molecule has 20 heavy (non-hydrogen) atoms. The molecule has 1 unspecified atom stereocenters. The average Bonchev–Trinajstić information content (AvgIpc) is 2.89. The minimum absolute atomic E-state index is 0.361. The SMILES string of the molecule is CCCCc1ccc(C(C)NCc2ncc(C)s2)cc1. The van der Waals surface area contributed by atoms with Gasteiger partial charge in [0.2, 0.25) is 0 Å². The average molecular weight is 288 g/mol. The maximum Gasteiger partial charge on any atom is 0.107 e. The number of nitrogens with zero attached hydrogens (tertiary/aromatic N) is 1. The second-order valence-corrected chi connectivity index (χ2v) is 6.63. The first kappa shape index (κ1) is 15.2. The Morgan fingerprint density at radius 1 is 1.25 bits per heavy atom. The van der Waals surface area contributed by atoms with E-state index in [1.54, 1.807) is 11.3 Å². The number of aromatic nitrogens is 1. The molecule has 1 heterocycles. The topological polar surface area (TPSA) is 24.9 Å². The van der Waals surface area contributed by atoms with Crippen LogP contribution < -0.4 is 5.32 Å². The Balaban J connectivity index is 1.86. The Bertz CT molecular complexity index is 516. The zero-order valence-electron chi connectivity index (χ0n) is 12.6. The maximum absolute atomic E-state index is 4.39. The molecule has 0 spiro atoms. The van der Waals surface area contributed by atoms with Crippen LogP contribution in [0.4, 0.5) is 0 Å². The van der Waals surface area contributed by atoms with E-state index in [2.05, 4.69) is 55.3 Å². The summed E-state index contributed by atoms with van der Waals surface area (Å²) in [6.07, 6.45) is 5.66.